The molecular formula is C20H6Br2Cl12. The van der Waals surface area contributed by atoms with E-state index in [0.717, 1.165) is 20.1 Å². The molecule has 1 aromatic carbocycles. The first-order valence-electron chi connectivity index (χ1n) is 9.53. The highest BCUT2D eigenvalue weighted by Crippen LogP contribution is 2.88. The van der Waals surface area contributed by atoms with E-state index in [1.54, 1.807) is 0 Å². The summed E-state index contributed by atoms with van der Waals surface area (Å²) in [7, 11) is 0. The van der Waals surface area contributed by atoms with Crippen LogP contribution in [0.3, 0.4) is 0 Å². The Morgan fingerprint density at radius 1 is 0.500 bits per heavy atom. The van der Waals surface area contributed by atoms with E-state index in [1.807, 2.05) is 12.1 Å². The first-order valence-corrected chi connectivity index (χ1v) is 15.7. The highest BCUT2D eigenvalue weighted by atomic mass is 79.9. The summed E-state index contributed by atoms with van der Waals surface area (Å²) in [5.74, 6) is -2.76. The second kappa shape index (κ2) is 7.50. The number of allylic oxidation sites excluding steroid dienone is 4. The summed E-state index contributed by atoms with van der Waals surface area (Å²) >= 11 is 91.0. The molecule has 0 saturated heterocycles. The van der Waals surface area contributed by atoms with Gasteiger partial charge in [-0.2, -0.15) is 0 Å². The predicted molar refractivity (Wildman–Crippen MR) is 155 cm³/mol. The maximum absolute atomic E-state index is 7.30. The van der Waals surface area contributed by atoms with Crippen molar-refractivity contribution in [3.05, 3.63) is 52.3 Å². The van der Waals surface area contributed by atoms with Gasteiger partial charge in [0.25, 0.3) is 0 Å². The molecule has 1 aromatic rings. The third kappa shape index (κ3) is 2.38. The van der Waals surface area contributed by atoms with Gasteiger partial charge < -0.3 is 0 Å². The van der Waals surface area contributed by atoms with Crippen LogP contribution in [0.5, 0.6) is 0 Å². The van der Waals surface area contributed by atoms with Crippen molar-refractivity contribution in [1.82, 2.24) is 0 Å². The van der Waals surface area contributed by atoms with Crippen molar-refractivity contribution in [3.8, 4) is 0 Å². The first-order chi connectivity index (χ1) is 15.4. The second-order valence-corrected chi connectivity index (χ2v) is 17.4. The second-order valence-electron chi connectivity index (χ2n) is 9.15. The lowest BCUT2D eigenvalue weighted by molar-refractivity contribution is 0.201. The molecule has 184 valence electrons. The van der Waals surface area contributed by atoms with Crippen LogP contribution in [0, 0.1) is 11.8 Å². The monoisotopic (exact) mass is 824 g/mol. The Hall–Kier alpha value is 3.14. The van der Waals surface area contributed by atoms with E-state index in [2.05, 4.69) is 31.9 Å². The van der Waals surface area contributed by atoms with E-state index in [1.165, 1.54) is 0 Å². The lowest BCUT2D eigenvalue weighted by Gasteiger charge is -2.52. The largest absolute Gasteiger partial charge is 0.167 e. The van der Waals surface area contributed by atoms with Crippen molar-refractivity contribution in [2.24, 2.45) is 11.8 Å². The average Bonchev–Trinajstić information content (AvgIpc) is 3.09. The molecule has 0 nitrogen and oxygen atoms in total. The van der Waals surface area contributed by atoms with Crippen molar-refractivity contribution in [1.29, 1.82) is 0 Å². The fraction of sp³-hybridized carbons (Fsp3) is 0.500. The fourth-order valence-electron chi connectivity index (χ4n) is 6.89. The van der Waals surface area contributed by atoms with Crippen LogP contribution in [-0.2, 0) is 0 Å². The lowest BCUT2D eigenvalue weighted by atomic mass is 9.57. The van der Waals surface area contributed by atoms with Gasteiger partial charge in [-0.3, -0.25) is 0 Å². The van der Waals surface area contributed by atoms with E-state index >= 15 is 0 Å². The number of halogens is 14. The normalized spacial score (nSPS) is 49.0. The molecule has 2 fully saturated rings. The summed E-state index contributed by atoms with van der Waals surface area (Å²) in [6.07, 6.45) is 0. The van der Waals surface area contributed by atoms with Gasteiger partial charge in [-0.15, -0.1) is 46.4 Å². The van der Waals surface area contributed by atoms with Crippen LogP contribution in [0.25, 0.3) is 0 Å². The van der Waals surface area contributed by atoms with Crippen molar-refractivity contribution in [2.75, 3.05) is 0 Å². The molecule has 6 rings (SSSR count). The Balaban J connectivity index is 1.80. The topological polar surface area (TPSA) is 0 Å². The van der Waals surface area contributed by atoms with Gasteiger partial charge in [-0.1, -0.05) is 92.8 Å². The SMILES string of the molecule is ClC1=C(Cl)[C@@]2(Cl)[C@H]3c4cc(Br)c(Br)cc4[C@H]4[C@@H]([C@@H]3[C@@]1(Cl)C2(Cl)Cl)[C@@]1(Cl)C(Cl)=C(Cl)[C@@]4(Cl)C1(Cl)Cl. The minimum absolute atomic E-state index is 0.0306. The summed E-state index contributed by atoms with van der Waals surface area (Å²) in [4.78, 5) is -6.50. The van der Waals surface area contributed by atoms with E-state index in [-0.39, 0.29) is 20.1 Å². The first kappa shape index (κ1) is 27.3. The standard InChI is InChI=1S/C20H6Br2Cl12/c21-5-1-3-4(2-6(5)22)8-10(18(30)14(26)12(24)16(8,28)20(18,33)34)9-7(3)15(27)11(23)13(25)17(9,29)19(15,31)32/h1-2,7-10H/t7-,8-,9-,10+,15+,16-,17+,18-/m0/s1. The Morgan fingerprint density at radius 3 is 1.06 bits per heavy atom. The number of hydrogen-bond acceptors (Lipinski definition) is 0. The van der Waals surface area contributed by atoms with Crippen molar-refractivity contribution in [2.45, 2.75) is 40.0 Å². The third-order valence-corrected chi connectivity index (χ3v) is 18.6. The lowest BCUT2D eigenvalue weighted by Crippen LogP contribution is -2.53. The van der Waals surface area contributed by atoms with Crippen LogP contribution in [0.15, 0.2) is 41.2 Å². The summed E-state index contributed by atoms with van der Waals surface area (Å²) in [5, 5.41) is 0.192. The minimum Gasteiger partial charge on any atom is -0.109 e. The van der Waals surface area contributed by atoms with Crippen LogP contribution in [0.1, 0.15) is 23.0 Å². The van der Waals surface area contributed by atoms with E-state index < -0.39 is 51.8 Å². The molecule has 0 radical (unpaired) electrons. The molecule has 0 amide bonds. The molecule has 0 heterocycles. The number of benzene rings is 1. The molecule has 0 N–H and O–H groups in total. The molecule has 4 bridgehead atoms. The molecule has 5 aliphatic carbocycles. The number of rotatable bonds is 0. The molecule has 34 heavy (non-hydrogen) atoms. The maximum atomic E-state index is 7.30. The van der Waals surface area contributed by atoms with Crippen molar-refractivity contribution < 1.29 is 0 Å². The Morgan fingerprint density at radius 2 is 0.765 bits per heavy atom. The van der Waals surface area contributed by atoms with Gasteiger partial charge in [0.2, 0.25) is 0 Å². The zero-order valence-corrected chi connectivity index (χ0v) is 28.0. The molecule has 0 aromatic heterocycles. The smallest absolute Gasteiger partial charge is 0.109 e. The zero-order chi connectivity index (χ0) is 25.3. The fourth-order valence-corrected chi connectivity index (χ4v) is 13.7. The van der Waals surface area contributed by atoms with E-state index in [9.17, 15) is 0 Å². The zero-order valence-electron chi connectivity index (χ0n) is 15.8. The van der Waals surface area contributed by atoms with Crippen LogP contribution >= 0.6 is 171 Å². The Kier molecular flexibility index (Phi) is 6.03. The number of hydrogen-bond donors (Lipinski definition) is 0. The maximum Gasteiger partial charge on any atom is 0.167 e. The number of fused-ring (bicyclic) bond motifs is 14. The van der Waals surface area contributed by atoms with Gasteiger partial charge in [0.15, 0.2) is 8.67 Å². The van der Waals surface area contributed by atoms with Crippen molar-refractivity contribution >= 4 is 171 Å². The molecule has 8 atom stereocenters. The third-order valence-electron chi connectivity index (χ3n) is 8.17. The Bertz CT molecular complexity index is 1190. The summed E-state index contributed by atoms with van der Waals surface area (Å²) in [6, 6.07) is 3.77. The van der Waals surface area contributed by atoms with Gasteiger partial charge in [0, 0.05) is 32.6 Å². The highest BCUT2D eigenvalue weighted by Gasteiger charge is 2.91. The van der Waals surface area contributed by atoms with Gasteiger partial charge in [0.1, 0.15) is 19.5 Å². The van der Waals surface area contributed by atoms with Gasteiger partial charge in [0.05, 0.1) is 20.1 Å². The molecule has 14 heteroatoms. The molecular weight excluding hydrogens is 825 g/mol. The van der Waals surface area contributed by atoms with Crippen LogP contribution in [-0.4, -0.2) is 28.2 Å². The Labute approximate surface area is 272 Å². The average molecular weight is 832 g/mol. The van der Waals surface area contributed by atoms with Crippen LogP contribution in [0.4, 0.5) is 0 Å². The summed E-state index contributed by atoms with van der Waals surface area (Å²) < 4.78 is -2.19. The van der Waals surface area contributed by atoms with Crippen LogP contribution in [0.2, 0.25) is 0 Å². The molecule has 5 aliphatic rings. The van der Waals surface area contributed by atoms with Crippen LogP contribution < -0.4 is 0 Å². The van der Waals surface area contributed by atoms with Gasteiger partial charge >= 0.3 is 0 Å². The highest BCUT2D eigenvalue weighted by molar-refractivity contribution is 9.13. The summed E-state index contributed by atoms with van der Waals surface area (Å²) in [6.45, 7) is 0. The molecule has 0 unspecified atom stereocenters. The van der Waals surface area contributed by atoms with Gasteiger partial charge in [-0.25, -0.2) is 0 Å². The molecule has 0 spiro atoms. The van der Waals surface area contributed by atoms with Gasteiger partial charge in [-0.05, 0) is 55.1 Å². The number of alkyl halides is 8. The van der Waals surface area contributed by atoms with Crippen molar-refractivity contribution in [3.63, 3.8) is 0 Å². The molecule has 2 saturated carbocycles. The molecule has 0 aliphatic heterocycles. The predicted octanol–water partition coefficient (Wildman–Crippen LogP) is 11.3. The minimum atomic E-state index is -1.84. The quantitative estimate of drug-likeness (QED) is 0.229. The van der Waals surface area contributed by atoms with E-state index in [4.69, 9.17) is 139 Å². The summed E-state index contributed by atoms with van der Waals surface area (Å²) in [5.41, 5.74) is 1.48. The van der Waals surface area contributed by atoms with E-state index in [0.29, 0.717) is 0 Å².